The van der Waals surface area contributed by atoms with Crippen LogP contribution in [0.25, 0.3) is 0 Å². The maximum Gasteiger partial charge on any atom is 0.308 e. The first-order valence-corrected chi connectivity index (χ1v) is 7.47. The zero-order valence-electron chi connectivity index (χ0n) is 13.4. The Bertz CT molecular complexity index is 753. The Morgan fingerprint density at radius 2 is 2.28 bits per heavy atom. The molecule has 1 amide bonds. The molecule has 0 bridgehead atoms. The normalized spacial score (nSPS) is 18.4. The molecule has 1 aliphatic heterocycles. The maximum atomic E-state index is 12.4. The van der Waals surface area contributed by atoms with Gasteiger partial charge >= 0.3 is 5.97 Å². The number of hydrogen-bond donors (Lipinski definition) is 2. The number of hydrogen-bond acceptors (Lipinski definition) is 6. The summed E-state index contributed by atoms with van der Waals surface area (Å²) in [6.07, 6.45) is 0.910. The van der Waals surface area contributed by atoms with Crippen molar-refractivity contribution in [1.29, 1.82) is 5.26 Å². The molecule has 1 heterocycles. The summed E-state index contributed by atoms with van der Waals surface area (Å²) in [4.78, 5) is 28.9. The van der Waals surface area contributed by atoms with E-state index in [2.05, 4.69) is 17.1 Å². The first kappa shape index (κ1) is 18.0. The molecule has 0 aromatic heterocycles. The third-order valence-electron chi connectivity index (χ3n) is 3.53. The van der Waals surface area contributed by atoms with Gasteiger partial charge in [0.1, 0.15) is 11.8 Å². The molecule has 0 saturated carbocycles. The summed E-state index contributed by atoms with van der Waals surface area (Å²) >= 11 is 0. The highest BCUT2D eigenvalue weighted by Gasteiger charge is 2.48. The number of carboxylic acid groups (broad SMARTS) is 1. The molecule has 1 atom stereocenters. The lowest BCUT2D eigenvalue weighted by Gasteiger charge is -2.23. The van der Waals surface area contributed by atoms with Gasteiger partial charge in [0.2, 0.25) is 5.60 Å². The zero-order valence-corrected chi connectivity index (χ0v) is 13.4. The van der Waals surface area contributed by atoms with Crippen molar-refractivity contribution in [2.45, 2.75) is 18.4 Å². The van der Waals surface area contributed by atoms with Gasteiger partial charge in [0.05, 0.1) is 12.1 Å². The Morgan fingerprint density at radius 3 is 2.96 bits per heavy atom. The fourth-order valence-corrected chi connectivity index (χ4v) is 2.43. The highest BCUT2D eigenvalue weighted by Crippen LogP contribution is 2.33. The molecule has 0 saturated heterocycles. The van der Waals surface area contributed by atoms with Crippen LogP contribution < -0.4 is 10.1 Å². The van der Waals surface area contributed by atoms with E-state index in [0.717, 1.165) is 0 Å². The molecule has 1 aromatic rings. The lowest BCUT2D eigenvalue weighted by atomic mass is 9.90. The summed E-state index contributed by atoms with van der Waals surface area (Å²) in [6.45, 7) is 3.54. The SMILES string of the molecule is C=CCNC(=O)C1(CC(=O)O)CC(c2ccccc2OCC#N)=NO1. The molecule has 1 unspecified atom stereocenters. The van der Waals surface area contributed by atoms with Crippen molar-refractivity contribution < 1.29 is 24.3 Å². The van der Waals surface area contributed by atoms with E-state index in [4.69, 9.17) is 19.9 Å². The Labute approximate surface area is 144 Å². The minimum absolute atomic E-state index is 0.0325. The van der Waals surface area contributed by atoms with Gasteiger partial charge in [-0.1, -0.05) is 23.4 Å². The highest BCUT2D eigenvalue weighted by atomic mass is 16.7. The van der Waals surface area contributed by atoms with Gasteiger partial charge < -0.3 is 20.0 Å². The standard InChI is InChI=1S/C17H17N3O5/c1-2-8-19-16(23)17(11-15(21)22)10-13(20-25-17)12-5-3-4-6-14(12)24-9-7-18/h2-6H,1,8-11H2,(H,19,23)(H,21,22). The molecule has 2 rings (SSSR count). The van der Waals surface area contributed by atoms with Crippen LogP contribution in [-0.2, 0) is 14.4 Å². The van der Waals surface area contributed by atoms with Crippen LogP contribution in [0, 0.1) is 11.3 Å². The van der Waals surface area contributed by atoms with Crippen molar-refractivity contribution >= 4 is 17.6 Å². The molecule has 0 radical (unpaired) electrons. The number of carbonyl (C=O) groups excluding carboxylic acids is 1. The van der Waals surface area contributed by atoms with Crippen molar-refractivity contribution in [3.63, 3.8) is 0 Å². The van der Waals surface area contributed by atoms with Crippen LogP contribution in [-0.4, -0.2) is 41.4 Å². The minimum Gasteiger partial charge on any atom is -0.481 e. The number of rotatable bonds is 8. The third kappa shape index (κ3) is 4.14. The molecule has 8 heteroatoms. The van der Waals surface area contributed by atoms with E-state index in [9.17, 15) is 9.59 Å². The molecule has 8 nitrogen and oxygen atoms in total. The van der Waals surface area contributed by atoms with Gasteiger partial charge in [-0.3, -0.25) is 9.59 Å². The number of para-hydroxylation sites is 1. The summed E-state index contributed by atoms with van der Waals surface area (Å²) in [5, 5.41) is 24.3. The van der Waals surface area contributed by atoms with Gasteiger partial charge in [-0.25, -0.2) is 0 Å². The number of oxime groups is 1. The first-order chi connectivity index (χ1) is 12.0. The van der Waals surface area contributed by atoms with Crippen molar-refractivity contribution in [2.24, 2.45) is 5.16 Å². The highest BCUT2D eigenvalue weighted by molar-refractivity contribution is 6.07. The fourth-order valence-electron chi connectivity index (χ4n) is 2.43. The van der Waals surface area contributed by atoms with E-state index in [1.165, 1.54) is 6.08 Å². The van der Waals surface area contributed by atoms with Gasteiger partial charge in [0, 0.05) is 18.5 Å². The number of nitriles is 1. The molecule has 2 N–H and O–H groups in total. The number of carbonyl (C=O) groups is 2. The predicted octanol–water partition coefficient (Wildman–Crippen LogP) is 1.23. The number of nitrogens with one attached hydrogen (secondary N) is 1. The van der Waals surface area contributed by atoms with Gasteiger partial charge in [-0.2, -0.15) is 5.26 Å². The average molecular weight is 343 g/mol. The summed E-state index contributed by atoms with van der Waals surface area (Å²) in [5.74, 6) is -1.35. The van der Waals surface area contributed by atoms with Gasteiger partial charge in [0.25, 0.3) is 5.91 Å². The van der Waals surface area contributed by atoms with Gasteiger partial charge in [-0.15, -0.1) is 6.58 Å². The topological polar surface area (TPSA) is 121 Å². The van der Waals surface area contributed by atoms with Crippen LogP contribution in [0.2, 0.25) is 0 Å². The van der Waals surface area contributed by atoms with Crippen LogP contribution in [0.3, 0.4) is 0 Å². The molecule has 0 spiro atoms. The second-order valence-corrected chi connectivity index (χ2v) is 5.31. The van der Waals surface area contributed by atoms with E-state index in [1.54, 1.807) is 24.3 Å². The van der Waals surface area contributed by atoms with Crippen LogP contribution >= 0.6 is 0 Å². The minimum atomic E-state index is -1.63. The third-order valence-corrected chi connectivity index (χ3v) is 3.53. The summed E-state index contributed by atoms with van der Waals surface area (Å²) in [6, 6.07) is 8.70. The van der Waals surface area contributed by atoms with Crippen LogP contribution in [0.1, 0.15) is 18.4 Å². The number of benzene rings is 1. The Kier molecular flexibility index (Phi) is 5.74. The molecular weight excluding hydrogens is 326 g/mol. The molecule has 25 heavy (non-hydrogen) atoms. The Balaban J connectivity index is 2.26. The van der Waals surface area contributed by atoms with E-state index >= 15 is 0 Å². The van der Waals surface area contributed by atoms with E-state index in [1.807, 2.05) is 6.07 Å². The van der Waals surface area contributed by atoms with Gasteiger partial charge in [0.15, 0.2) is 6.61 Å². The summed E-state index contributed by atoms with van der Waals surface area (Å²) in [7, 11) is 0. The van der Waals surface area contributed by atoms with E-state index < -0.39 is 23.9 Å². The lowest BCUT2D eigenvalue weighted by molar-refractivity contribution is -0.155. The largest absolute Gasteiger partial charge is 0.481 e. The summed E-state index contributed by atoms with van der Waals surface area (Å²) < 4.78 is 5.35. The number of amides is 1. The van der Waals surface area contributed by atoms with Crippen LogP contribution in [0.15, 0.2) is 42.1 Å². The molecule has 0 aliphatic carbocycles. The fraction of sp³-hybridized carbons (Fsp3) is 0.294. The molecule has 1 aromatic carbocycles. The summed E-state index contributed by atoms with van der Waals surface area (Å²) in [5.41, 5.74) is -0.711. The first-order valence-electron chi connectivity index (χ1n) is 7.47. The average Bonchev–Trinajstić information content (AvgIpc) is 3.02. The van der Waals surface area contributed by atoms with E-state index in [-0.39, 0.29) is 19.6 Å². The number of nitrogens with zero attached hydrogens (tertiary/aromatic N) is 2. The lowest BCUT2D eigenvalue weighted by Crippen LogP contribution is -2.48. The predicted molar refractivity (Wildman–Crippen MR) is 88.0 cm³/mol. The Morgan fingerprint density at radius 1 is 1.52 bits per heavy atom. The Hall–Kier alpha value is -3.34. The molecular formula is C17H17N3O5. The van der Waals surface area contributed by atoms with Gasteiger partial charge in [-0.05, 0) is 12.1 Å². The number of carboxylic acids is 1. The smallest absolute Gasteiger partial charge is 0.308 e. The van der Waals surface area contributed by atoms with Crippen LogP contribution in [0.4, 0.5) is 0 Å². The molecule has 1 aliphatic rings. The number of ether oxygens (including phenoxy) is 1. The zero-order chi connectivity index (χ0) is 18.3. The molecule has 130 valence electrons. The monoisotopic (exact) mass is 343 g/mol. The van der Waals surface area contributed by atoms with Crippen molar-refractivity contribution in [1.82, 2.24) is 5.32 Å². The second-order valence-electron chi connectivity index (χ2n) is 5.31. The van der Waals surface area contributed by atoms with Crippen molar-refractivity contribution in [2.75, 3.05) is 13.2 Å². The maximum absolute atomic E-state index is 12.4. The quantitative estimate of drug-likeness (QED) is 0.685. The number of aliphatic carboxylic acids is 1. The van der Waals surface area contributed by atoms with E-state index in [0.29, 0.717) is 17.0 Å². The van der Waals surface area contributed by atoms with Crippen molar-refractivity contribution in [3.05, 3.63) is 42.5 Å². The van der Waals surface area contributed by atoms with Crippen molar-refractivity contribution in [3.8, 4) is 11.8 Å². The second kappa shape index (κ2) is 7.97. The van der Waals surface area contributed by atoms with Crippen LogP contribution in [0.5, 0.6) is 5.75 Å². The molecule has 0 fully saturated rings.